The topological polar surface area (TPSA) is 26.0 Å². The molecule has 2 heterocycles. The predicted octanol–water partition coefficient (Wildman–Crippen LogP) is 5.53. The van der Waals surface area contributed by atoms with Crippen LogP contribution in [0.5, 0.6) is 0 Å². The third kappa shape index (κ3) is 2.63. The van der Waals surface area contributed by atoms with Gasteiger partial charge in [0.25, 0.3) is 0 Å². The van der Waals surface area contributed by atoms with Gasteiger partial charge in [-0.3, -0.25) is 0 Å². The van der Waals surface area contributed by atoms with E-state index in [0.29, 0.717) is 16.8 Å². The fourth-order valence-electron chi connectivity index (χ4n) is 2.42. The van der Waals surface area contributed by atoms with Crippen LogP contribution in [0.15, 0.2) is 34.1 Å². The number of hydrogen-bond donors (Lipinski definition) is 0. The van der Waals surface area contributed by atoms with Crippen LogP contribution in [0.3, 0.4) is 0 Å². The summed E-state index contributed by atoms with van der Waals surface area (Å²) >= 11 is 1.58. The maximum absolute atomic E-state index is 12.7. The van der Waals surface area contributed by atoms with Gasteiger partial charge in [-0.2, -0.15) is 13.2 Å². The van der Waals surface area contributed by atoms with Crippen LogP contribution < -0.4 is 0 Å². The number of hydrogen-bond acceptors (Lipinski definition) is 3. The van der Waals surface area contributed by atoms with Crippen LogP contribution in [0, 0.1) is 5.92 Å². The van der Waals surface area contributed by atoms with Crippen molar-refractivity contribution in [3.8, 4) is 11.5 Å². The van der Waals surface area contributed by atoms with Crippen LogP contribution in [0.4, 0.5) is 13.2 Å². The van der Waals surface area contributed by atoms with Crippen molar-refractivity contribution in [3.05, 3.63) is 40.2 Å². The van der Waals surface area contributed by atoms with E-state index in [1.165, 1.54) is 18.9 Å². The Balaban J connectivity index is 1.68. The second-order valence-corrected chi connectivity index (χ2v) is 6.58. The van der Waals surface area contributed by atoms with Gasteiger partial charge in [-0.1, -0.05) is 6.07 Å². The van der Waals surface area contributed by atoms with Crippen molar-refractivity contribution in [2.45, 2.75) is 25.4 Å². The van der Waals surface area contributed by atoms with E-state index in [4.69, 9.17) is 4.42 Å². The molecule has 0 saturated heterocycles. The van der Waals surface area contributed by atoms with Gasteiger partial charge in [0, 0.05) is 17.2 Å². The molecule has 6 heteroatoms. The lowest BCUT2D eigenvalue weighted by Gasteiger charge is -2.04. The average molecular weight is 323 g/mol. The number of thiazole rings is 1. The van der Waals surface area contributed by atoms with Crippen molar-refractivity contribution in [3.63, 3.8) is 0 Å². The fourth-order valence-corrected chi connectivity index (χ4v) is 3.32. The number of rotatable bonds is 3. The number of nitrogens with zero attached hydrogens (tertiary/aromatic N) is 1. The molecule has 1 aliphatic carbocycles. The zero-order valence-corrected chi connectivity index (χ0v) is 12.3. The molecule has 1 saturated carbocycles. The molecule has 4 rings (SSSR count). The molecule has 2 aromatic heterocycles. The Morgan fingerprint density at radius 2 is 2.05 bits per heavy atom. The molecule has 0 spiro atoms. The van der Waals surface area contributed by atoms with Gasteiger partial charge in [0.05, 0.1) is 10.6 Å². The summed E-state index contributed by atoms with van der Waals surface area (Å²) in [5, 5.41) is 3.62. The summed E-state index contributed by atoms with van der Waals surface area (Å²) in [5.74, 6) is 1.27. The predicted molar refractivity (Wildman–Crippen MR) is 78.8 cm³/mol. The standard InChI is InChI=1S/C16H12F3NOS/c17-16(18,19)11-4-3-10-6-14(21-13(10)7-11)12-8-22-15(20-12)5-9-1-2-9/h3-4,6-9H,1-2,5H2. The Morgan fingerprint density at radius 3 is 2.77 bits per heavy atom. The molecule has 0 N–H and O–H groups in total. The minimum atomic E-state index is -4.36. The van der Waals surface area contributed by atoms with E-state index in [-0.39, 0.29) is 5.58 Å². The Hall–Kier alpha value is -1.82. The van der Waals surface area contributed by atoms with Crippen LogP contribution in [-0.2, 0) is 12.6 Å². The first-order valence-corrected chi connectivity index (χ1v) is 7.92. The van der Waals surface area contributed by atoms with Gasteiger partial charge in [-0.05, 0) is 37.0 Å². The van der Waals surface area contributed by atoms with Crippen LogP contribution in [-0.4, -0.2) is 4.98 Å². The van der Waals surface area contributed by atoms with Crippen molar-refractivity contribution in [2.75, 3.05) is 0 Å². The van der Waals surface area contributed by atoms with Crippen molar-refractivity contribution in [1.82, 2.24) is 4.98 Å². The number of aromatic nitrogens is 1. The molecular weight excluding hydrogens is 311 g/mol. The zero-order chi connectivity index (χ0) is 15.3. The molecule has 0 unspecified atom stereocenters. The Labute approximate surface area is 128 Å². The fraction of sp³-hybridized carbons (Fsp3) is 0.312. The molecule has 0 amide bonds. The largest absolute Gasteiger partial charge is 0.454 e. The summed E-state index contributed by atoms with van der Waals surface area (Å²) < 4.78 is 43.7. The monoisotopic (exact) mass is 323 g/mol. The molecule has 0 atom stereocenters. The van der Waals surface area contributed by atoms with Crippen LogP contribution in [0.25, 0.3) is 22.4 Å². The summed E-state index contributed by atoms with van der Waals surface area (Å²) in [6.45, 7) is 0. The lowest BCUT2D eigenvalue weighted by molar-refractivity contribution is -0.137. The van der Waals surface area contributed by atoms with Gasteiger partial charge in [0.15, 0.2) is 5.76 Å². The number of alkyl halides is 3. The second kappa shape index (κ2) is 4.84. The maximum atomic E-state index is 12.7. The number of benzene rings is 1. The molecule has 0 radical (unpaired) electrons. The number of halogens is 3. The number of fused-ring (bicyclic) bond motifs is 1. The maximum Gasteiger partial charge on any atom is 0.416 e. The van der Waals surface area contributed by atoms with E-state index in [9.17, 15) is 13.2 Å². The highest BCUT2D eigenvalue weighted by molar-refractivity contribution is 7.09. The molecule has 3 aromatic rings. The molecule has 22 heavy (non-hydrogen) atoms. The highest BCUT2D eigenvalue weighted by Crippen LogP contribution is 2.36. The minimum Gasteiger partial charge on any atom is -0.454 e. The summed E-state index contributed by atoms with van der Waals surface area (Å²) in [7, 11) is 0. The van der Waals surface area contributed by atoms with Crippen LogP contribution in [0.1, 0.15) is 23.4 Å². The minimum absolute atomic E-state index is 0.238. The van der Waals surface area contributed by atoms with E-state index < -0.39 is 11.7 Å². The average Bonchev–Trinajstić information content (AvgIpc) is 2.99. The van der Waals surface area contributed by atoms with Crippen LogP contribution >= 0.6 is 11.3 Å². The van der Waals surface area contributed by atoms with Gasteiger partial charge in [0.2, 0.25) is 0 Å². The molecule has 0 aliphatic heterocycles. The van der Waals surface area contributed by atoms with Gasteiger partial charge in [0.1, 0.15) is 11.3 Å². The first-order chi connectivity index (χ1) is 10.5. The van der Waals surface area contributed by atoms with E-state index in [1.807, 2.05) is 5.38 Å². The Bertz CT molecular complexity index is 829. The van der Waals surface area contributed by atoms with E-state index in [2.05, 4.69) is 4.98 Å². The molecule has 2 nitrogen and oxygen atoms in total. The van der Waals surface area contributed by atoms with Crippen molar-refractivity contribution in [2.24, 2.45) is 5.92 Å². The quantitative estimate of drug-likeness (QED) is 0.633. The number of furan rings is 1. The van der Waals surface area contributed by atoms with Crippen molar-refractivity contribution < 1.29 is 17.6 Å². The third-order valence-corrected chi connectivity index (χ3v) is 4.68. The first-order valence-electron chi connectivity index (χ1n) is 7.04. The highest BCUT2D eigenvalue weighted by Gasteiger charge is 2.31. The van der Waals surface area contributed by atoms with E-state index in [1.54, 1.807) is 17.4 Å². The van der Waals surface area contributed by atoms with Gasteiger partial charge in [-0.25, -0.2) is 4.98 Å². The van der Waals surface area contributed by atoms with Crippen molar-refractivity contribution >= 4 is 22.3 Å². The Morgan fingerprint density at radius 1 is 1.23 bits per heavy atom. The summed E-state index contributed by atoms with van der Waals surface area (Å²) in [6, 6.07) is 5.28. The van der Waals surface area contributed by atoms with Crippen molar-refractivity contribution in [1.29, 1.82) is 0 Å². The van der Waals surface area contributed by atoms with Gasteiger partial charge < -0.3 is 4.42 Å². The highest BCUT2D eigenvalue weighted by atomic mass is 32.1. The van der Waals surface area contributed by atoms with E-state index >= 15 is 0 Å². The summed E-state index contributed by atoms with van der Waals surface area (Å²) in [4.78, 5) is 4.53. The summed E-state index contributed by atoms with van der Waals surface area (Å²) in [6.07, 6.45) is -0.845. The normalized spacial score (nSPS) is 15.6. The first kappa shape index (κ1) is 13.8. The van der Waals surface area contributed by atoms with E-state index in [0.717, 1.165) is 29.5 Å². The van der Waals surface area contributed by atoms with Gasteiger partial charge in [-0.15, -0.1) is 11.3 Å². The molecule has 1 aliphatic rings. The molecule has 0 bridgehead atoms. The lowest BCUT2D eigenvalue weighted by atomic mass is 10.1. The Kier molecular flexibility index (Phi) is 3.04. The third-order valence-electron chi connectivity index (χ3n) is 3.81. The smallest absolute Gasteiger partial charge is 0.416 e. The summed E-state index contributed by atoms with van der Waals surface area (Å²) in [5.41, 5.74) is 0.237. The molecule has 1 fully saturated rings. The zero-order valence-electron chi connectivity index (χ0n) is 11.5. The molecule has 1 aromatic carbocycles. The SMILES string of the molecule is FC(F)(F)c1ccc2cc(-c3csc(CC4CC4)n3)oc2c1. The van der Waals surface area contributed by atoms with Crippen LogP contribution in [0.2, 0.25) is 0 Å². The molecular formula is C16H12F3NOS. The van der Waals surface area contributed by atoms with Gasteiger partial charge >= 0.3 is 6.18 Å². The second-order valence-electron chi connectivity index (χ2n) is 5.63. The lowest BCUT2D eigenvalue weighted by Crippen LogP contribution is -2.03. The molecule has 114 valence electrons.